The molecule has 2 amide bonds. The van der Waals surface area contributed by atoms with Gasteiger partial charge in [0.1, 0.15) is 5.82 Å². The highest BCUT2D eigenvalue weighted by Gasteiger charge is 2.28. The normalized spacial score (nSPS) is 18.4. The molecule has 2 heterocycles. The Kier molecular flexibility index (Phi) is 4.83. The largest absolute Gasteiger partial charge is 0.376 e. The van der Waals surface area contributed by atoms with Crippen molar-refractivity contribution in [1.29, 1.82) is 0 Å². The Morgan fingerprint density at radius 2 is 2.13 bits per heavy atom. The van der Waals surface area contributed by atoms with Crippen LogP contribution in [0.15, 0.2) is 48.8 Å². The first-order valence-corrected chi connectivity index (χ1v) is 7.57. The molecule has 120 valence electrons. The first-order chi connectivity index (χ1) is 11.2. The predicted molar refractivity (Wildman–Crippen MR) is 84.5 cm³/mol. The maximum Gasteiger partial charge on any atom is 0.319 e. The van der Waals surface area contributed by atoms with E-state index in [-0.39, 0.29) is 24.0 Å². The number of benzene rings is 1. The lowest BCUT2D eigenvalue weighted by atomic mass is 9.99. The van der Waals surface area contributed by atoms with Gasteiger partial charge in [-0.15, -0.1) is 0 Å². The fraction of sp³-hybridized carbons (Fsp3) is 0.294. The molecule has 1 fully saturated rings. The zero-order chi connectivity index (χ0) is 16.1. The van der Waals surface area contributed by atoms with Gasteiger partial charge in [-0.1, -0.05) is 12.1 Å². The van der Waals surface area contributed by atoms with Crippen molar-refractivity contribution in [2.45, 2.75) is 25.0 Å². The summed E-state index contributed by atoms with van der Waals surface area (Å²) in [4.78, 5) is 16.2. The molecule has 0 saturated carbocycles. The molecule has 2 N–H and O–H groups in total. The molecule has 1 aliphatic heterocycles. The molecule has 2 aromatic rings. The van der Waals surface area contributed by atoms with Crippen molar-refractivity contribution in [3.05, 3.63) is 60.2 Å². The third-order valence-corrected chi connectivity index (χ3v) is 3.77. The summed E-state index contributed by atoms with van der Waals surface area (Å²) in [5.74, 6) is -0.306. The summed E-state index contributed by atoms with van der Waals surface area (Å²) in [7, 11) is 0. The van der Waals surface area contributed by atoms with E-state index in [0.717, 1.165) is 18.4 Å². The van der Waals surface area contributed by atoms with Gasteiger partial charge >= 0.3 is 6.03 Å². The molecule has 0 bridgehead atoms. The average molecular weight is 315 g/mol. The number of nitrogens with zero attached hydrogens (tertiary/aromatic N) is 1. The summed E-state index contributed by atoms with van der Waals surface area (Å²) in [5, 5.41) is 5.65. The highest BCUT2D eigenvalue weighted by Crippen LogP contribution is 2.27. The van der Waals surface area contributed by atoms with Crippen LogP contribution >= 0.6 is 0 Å². The molecule has 0 aliphatic carbocycles. The molecule has 1 saturated heterocycles. The fourth-order valence-corrected chi connectivity index (χ4v) is 2.67. The number of nitrogens with one attached hydrogen (secondary N) is 2. The zero-order valence-electron chi connectivity index (χ0n) is 12.5. The van der Waals surface area contributed by atoms with Crippen molar-refractivity contribution < 1.29 is 13.9 Å². The summed E-state index contributed by atoms with van der Waals surface area (Å²) >= 11 is 0. The first-order valence-electron chi connectivity index (χ1n) is 7.57. The van der Waals surface area contributed by atoms with Crippen LogP contribution in [0.25, 0.3) is 0 Å². The average Bonchev–Trinajstić information content (AvgIpc) is 3.09. The molecule has 2 unspecified atom stereocenters. The summed E-state index contributed by atoms with van der Waals surface area (Å²) in [5.41, 5.74) is 1.43. The molecular weight excluding hydrogens is 297 g/mol. The van der Waals surface area contributed by atoms with E-state index in [4.69, 9.17) is 4.74 Å². The minimum Gasteiger partial charge on any atom is -0.376 e. The van der Waals surface area contributed by atoms with Crippen LogP contribution in [0.4, 0.5) is 14.9 Å². The molecule has 1 aromatic carbocycles. The Bertz CT molecular complexity index is 643. The number of carbonyl (C=O) groups excluding carboxylic acids is 1. The van der Waals surface area contributed by atoms with E-state index in [0.29, 0.717) is 12.3 Å². The van der Waals surface area contributed by atoms with Gasteiger partial charge in [-0.3, -0.25) is 4.98 Å². The van der Waals surface area contributed by atoms with Crippen molar-refractivity contribution in [2.24, 2.45) is 0 Å². The summed E-state index contributed by atoms with van der Waals surface area (Å²) in [6.45, 7) is 0.675. The molecule has 0 spiro atoms. The van der Waals surface area contributed by atoms with Gasteiger partial charge in [-0.2, -0.15) is 0 Å². The highest BCUT2D eigenvalue weighted by atomic mass is 19.1. The molecule has 2 atom stereocenters. The van der Waals surface area contributed by atoms with Gasteiger partial charge in [-0.25, -0.2) is 9.18 Å². The number of hydrogen-bond donors (Lipinski definition) is 2. The number of urea groups is 1. The number of hydrogen-bond acceptors (Lipinski definition) is 3. The number of carbonyl (C=O) groups is 1. The lowest BCUT2D eigenvalue weighted by molar-refractivity contribution is 0.0815. The Labute approximate surface area is 133 Å². The first kappa shape index (κ1) is 15.4. The molecule has 1 aromatic heterocycles. The molecule has 5 nitrogen and oxygen atoms in total. The van der Waals surface area contributed by atoms with Crippen molar-refractivity contribution in [2.75, 3.05) is 11.9 Å². The lowest BCUT2D eigenvalue weighted by Gasteiger charge is -2.25. The van der Waals surface area contributed by atoms with Gasteiger partial charge in [-0.05, 0) is 42.7 Å². The highest BCUT2D eigenvalue weighted by molar-refractivity contribution is 5.89. The van der Waals surface area contributed by atoms with Crippen LogP contribution in [0, 0.1) is 5.82 Å². The second kappa shape index (κ2) is 7.19. The van der Waals surface area contributed by atoms with E-state index in [1.807, 2.05) is 0 Å². The molecule has 3 rings (SSSR count). The zero-order valence-corrected chi connectivity index (χ0v) is 12.5. The van der Waals surface area contributed by atoms with E-state index >= 15 is 0 Å². The number of anilines is 1. The van der Waals surface area contributed by atoms with E-state index in [2.05, 4.69) is 15.6 Å². The SMILES string of the molecule is O=C(Nc1cccnc1)NC(c1ccc(F)cc1)C1CCCO1. The van der Waals surface area contributed by atoms with Crippen molar-refractivity contribution in [3.8, 4) is 0 Å². The predicted octanol–water partition coefficient (Wildman–Crippen LogP) is 3.26. The Balaban J connectivity index is 1.73. The van der Waals surface area contributed by atoms with Crippen LogP contribution in [0.1, 0.15) is 24.4 Å². The number of ether oxygens (including phenoxy) is 1. The van der Waals surface area contributed by atoms with E-state index in [1.54, 1.807) is 36.7 Å². The molecule has 6 heteroatoms. The minimum atomic E-state index is -0.345. The van der Waals surface area contributed by atoms with Gasteiger partial charge in [0, 0.05) is 12.8 Å². The number of halogens is 1. The molecule has 23 heavy (non-hydrogen) atoms. The van der Waals surface area contributed by atoms with Gasteiger partial charge in [0.05, 0.1) is 24.0 Å². The van der Waals surface area contributed by atoms with Crippen molar-refractivity contribution in [1.82, 2.24) is 10.3 Å². The van der Waals surface area contributed by atoms with Crippen LogP contribution in [0.5, 0.6) is 0 Å². The van der Waals surface area contributed by atoms with Crippen LogP contribution in [-0.4, -0.2) is 23.7 Å². The van der Waals surface area contributed by atoms with Crippen molar-refractivity contribution >= 4 is 11.7 Å². The maximum absolute atomic E-state index is 13.1. The number of amides is 2. The van der Waals surface area contributed by atoms with Crippen molar-refractivity contribution in [3.63, 3.8) is 0 Å². The topological polar surface area (TPSA) is 63.2 Å². The van der Waals surface area contributed by atoms with Crippen LogP contribution in [0.2, 0.25) is 0 Å². The second-order valence-electron chi connectivity index (χ2n) is 5.42. The van der Waals surface area contributed by atoms with Crippen LogP contribution in [-0.2, 0) is 4.74 Å². The number of rotatable bonds is 4. The van der Waals surface area contributed by atoms with Gasteiger partial charge < -0.3 is 15.4 Å². The Hall–Kier alpha value is -2.47. The second-order valence-corrected chi connectivity index (χ2v) is 5.42. The number of aromatic nitrogens is 1. The third-order valence-electron chi connectivity index (χ3n) is 3.77. The van der Waals surface area contributed by atoms with Gasteiger partial charge in [0.15, 0.2) is 0 Å². The fourth-order valence-electron chi connectivity index (χ4n) is 2.67. The Morgan fingerprint density at radius 1 is 1.30 bits per heavy atom. The summed E-state index contributed by atoms with van der Waals surface area (Å²) in [6.07, 6.45) is 4.90. The Morgan fingerprint density at radius 3 is 2.78 bits per heavy atom. The van der Waals surface area contributed by atoms with E-state index in [1.165, 1.54) is 12.1 Å². The van der Waals surface area contributed by atoms with Gasteiger partial charge in [0.2, 0.25) is 0 Å². The third kappa shape index (κ3) is 4.04. The molecule has 0 radical (unpaired) electrons. The smallest absolute Gasteiger partial charge is 0.319 e. The molecule has 1 aliphatic rings. The van der Waals surface area contributed by atoms with E-state index in [9.17, 15) is 9.18 Å². The number of pyridine rings is 1. The molecular formula is C17H18FN3O2. The summed E-state index contributed by atoms with van der Waals surface area (Å²) in [6, 6.07) is 8.95. The van der Waals surface area contributed by atoms with E-state index < -0.39 is 0 Å². The minimum absolute atomic E-state index is 0.111. The monoisotopic (exact) mass is 315 g/mol. The maximum atomic E-state index is 13.1. The quantitative estimate of drug-likeness (QED) is 0.910. The standard InChI is InChI=1S/C17H18FN3O2/c18-13-7-5-12(6-8-13)16(15-4-2-10-23-15)21-17(22)20-14-3-1-9-19-11-14/h1,3,5-9,11,15-16H,2,4,10H2,(H2,20,21,22). The van der Waals surface area contributed by atoms with Gasteiger partial charge in [0.25, 0.3) is 0 Å². The summed E-state index contributed by atoms with van der Waals surface area (Å²) < 4.78 is 18.8. The van der Waals surface area contributed by atoms with Crippen LogP contribution < -0.4 is 10.6 Å². The van der Waals surface area contributed by atoms with Crippen LogP contribution in [0.3, 0.4) is 0 Å². The lowest BCUT2D eigenvalue weighted by Crippen LogP contribution is -2.38.